The maximum atomic E-state index is 15.4. The van der Waals surface area contributed by atoms with E-state index < -0.39 is 10.8 Å². The number of imide groups is 1. The highest BCUT2D eigenvalue weighted by Gasteiger charge is 2.56. The van der Waals surface area contributed by atoms with E-state index in [4.69, 9.17) is 14.7 Å². The Bertz CT molecular complexity index is 3080. The molecular formula is C61H72FN9O6. The molecule has 1 unspecified atom stereocenters. The standard InChI is InChI=1S/C61H72FN9O6/c1-38(2)70-37-63-51-36-50(65-55(54(51)70)64-49-10-6-5-9-48(49)62)41-15-21-47-52(33-41)71(43-34-42(35-43)67-27-7-4-8-28-67)59(76)61(47)25-31-69(32-26-61)58(75)60(3)23-29-68(30-24-60)57(74)40-13-18-45(19-14-40)77-44-16-11-39(12-17-44)46-20-22-53(72)66-56(46)73/h5-6,9-12,15-17,21,33,36-38,40,42-43,45-46H,4,7-8,13-14,18-20,22-32,34-35H2,1-3H3,(H,64,65)(H,66,72,73)/t40-,42-,43+,45-,46?. The molecule has 15 nitrogen and oxygen atoms in total. The summed E-state index contributed by atoms with van der Waals surface area (Å²) in [5.74, 6) is 0.392. The van der Waals surface area contributed by atoms with E-state index in [0.29, 0.717) is 87.9 Å². The minimum absolute atomic E-state index is 0.000167. The average Bonchev–Trinajstić information content (AvgIpc) is 4.22. The lowest BCUT2D eigenvalue weighted by Gasteiger charge is -2.48. The van der Waals surface area contributed by atoms with E-state index in [-0.39, 0.29) is 65.4 Å². The quantitative estimate of drug-likeness (QED) is 0.122. The Hall–Kier alpha value is -6.68. The number of imidazole rings is 1. The highest BCUT2D eigenvalue weighted by Crippen LogP contribution is 2.53. The molecule has 2 aromatic heterocycles. The first-order valence-corrected chi connectivity index (χ1v) is 28.6. The van der Waals surface area contributed by atoms with Crippen molar-refractivity contribution in [1.82, 2.24) is 34.6 Å². The third-order valence-electron chi connectivity index (χ3n) is 18.7. The van der Waals surface area contributed by atoms with Crippen molar-refractivity contribution in [2.24, 2.45) is 11.3 Å². The maximum Gasteiger partial charge on any atom is 0.238 e. The molecule has 77 heavy (non-hydrogen) atoms. The van der Waals surface area contributed by atoms with Gasteiger partial charge in [-0.05, 0) is 158 Å². The van der Waals surface area contributed by atoms with E-state index in [2.05, 4.69) is 59.4 Å². The van der Waals surface area contributed by atoms with Crippen molar-refractivity contribution >= 4 is 57.8 Å². The van der Waals surface area contributed by atoms with Gasteiger partial charge in [0.15, 0.2) is 5.82 Å². The summed E-state index contributed by atoms with van der Waals surface area (Å²) in [4.78, 5) is 86.6. The fourth-order valence-electron chi connectivity index (χ4n) is 13.9. The number of nitrogens with zero attached hydrogens (tertiary/aromatic N) is 7. The molecule has 404 valence electrons. The van der Waals surface area contributed by atoms with Crippen molar-refractivity contribution in [3.63, 3.8) is 0 Å². The number of aromatic nitrogens is 3. The fourth-order valence-corrected chi connectivity index (χ4v) is 13.9. The summed E-state index contributed by atoms with van der Waals surface area (Å²) in [6.07, 6.45) is 13.5. The van der Waals surface area contributed by atoms with E-state index in [1.807, 2.05) is 44.7 Å². The van der Waals surface area contributed by atoms with Crippen molar-refractivity contribution in [3.05, 3.63) is 96.1 Å². The Kier molecular flexibility index (Phi) is 13.7. The van der Waals surface area contributed by atoms with Gasteiger partial charge in [0.1, 0.15) is 17.1 Å². The number of hydrogen-bond donors (Lipinski definition) is 2. The third kappa shape index (κ3) is 9.56. The summed E-state index contributed by atoms with van der Waals surface area (Å²) in [7, 11) is 0. The van der Waals surface area contributed by atoms with Gasteiger partial charge in [0.25, 0.3) is 0 Å². The molecule has 1 spiro atoms. The van der Waals surface area contributed by atoms with E-state index in [9.17, 15) is 19.2 Å². The van der Waals surface area contributed by atoms with Crippen LogP contribution in [0.1, 0.15) is 140 Å². The Morgan fingerprint density at radius 1 is 0.805 bits per heavy atom. The number of likely N-dealkylation sites (tertiary alicyclic amines) is 3. The molecule has 3 aromatic carbocycles. The molecule has 16 heteroatoms. The number of hydrogen-bond acceptors (Lipinski definition) is 10. The van der Waals surface area contributed by atoms with Crippen LogP contribution >= 0.6 is 0 Å². The van der Waals surface area contributed by atoms with Crippen LogP contribution in [0.25, 0.3) is 22.3 Å². The van der Waals surface area contributed by atoms with Crippen LogP contribution in [0, 0.1) is 17.2 Å². The number of piperidine rings is 4. The van der Waals surface area contributed by atoms with Crippen LogP contribution in [0.15, 0.2) is 79.1 Å². The first-order valence-electron chi connectivity index (χ1n) is 28.6. The van der Waals surface area contributed by atoms with Gasteiger partial charge in [-0.3, -0.25) is 29.3 Å². The molecule has 2 saturated carbocycles. The van der Waals surface area contributed by atoms with Gasteiger partial charge >= 0.3 is 0 Å². The Morgan fingerprint density at radius 3 is 2.22 bits per heavy atom. The lowest BCUT2D eigenvalue weighted by atomic mass is 9.72. The molecule has 12 rings (SSSR count). The number of carbonyl (C=O) groups excluding carboxylic acids is 5. The minimum atomic E-state index is -0.755. The smallest absolute Gasteiger partial charge is 0.238 e. The highest BCUT2D eigenvalue weighted by atomic mass is 19.1. The van der Waals surface area contributed by atoms with Crippen LogP contribution in [0.4, 0.5) is 21.6 Å². The molecular weight excluding hydrogens is 974 g/mol. The van der Waals surface area contributed by atoms with Gasteiger partial charge in [0, 0.05) is 73.3 Å². The van der Waals surface area contributed by atoms with Crippen LogP contribution in [0.2, 0.25) is 0 Å². The molecule has 4 saturated heterocycles. The summed E-state index contributed by atoms with van der Waals surface area (Å²) >= 11 is 0. The minimum Gasteiger partial charge on any atom is -0.490 e. The normalized spacial score (nSPS) is 25.4. The molecule has 2 aliphatic carbocycles. The summed E-state index contributed by atoms with van der Waals surface area (Å²) < 4.78 is 23.5. The van der Waals surface area contributed by atoms with Crippen molar-refractivity contribution in [2.75, 3.05) is 49.5 Å². The number of halogens is 1. The molecule has 5 aliphatic heterocycles. The summed E-state index contributed by atoms with van der Waals surface area (Å²) in [5, 5.41) is 5.72. The number of nitrogens with one attached hydrogen (secondary N) is 2. The van der Waals surface area contributed by atoms with E-state index in [0.717, 1.165) is 90.8 Å². The van der Waals surface area contributed by atoms with Gasteiger partial charge in [-0.2, -0.15) is 0 Å². The zero-order chi connectivity index (χ0) is 53.2. The van der Waals surface area contributed by atoms with Crippen molar-refractivity contribution < 1.29 is 33.1 Å². The van der Waals surface area contributed by atoms with Crippen molar-refractivity contribution in [3.8, 4) is 17.0 Å². The zero-order valence-electron chi connectivity index (χ0n) is 44.8. The second kappa shape index (κ2) is 20.6. The number of benzene rings is 3. The second-order valence-corrected chi connectivity index (χ2v) is 23.8. The molecule has 5 amide bonds. The van der Waals surface area contributed by atoms with Gasteiger partial charge in [-0.25, -0.2) is 14.4 Å². The Labute approximate surface area is 450 Å². The van der Waals surface area contributed by atoms with Gasteiger partial charge in [0.2, 0.25) is 29.5 Å². The first kappa shape index (κ1) is 51.1. The SMILES string of the molecule is CC(C)n1cnc2cc(-c3ccc4c(c3)N([C@H]3C[C@@H](N5CCCCC5)C3)C(=O)C43CCN(C(=O)C4(C)CCN(C(=O)[C@H]5CC[C@H](Oc6ccc(C7CCC(=O)NC7=O)cc6)CC5)CC4)CC3)nc(Nc3ccccc3F)c21. The number of amides is 5. The van der Waals surface area contributed by atoms with Gasteiger partial charge in [0.05, 0.1) is 40.7 Å². The van der Waals surface area contributed by atoms with Crippen LogP contribution in [0.3, 0.4) is 0 Å². The molecule has 6 fully saturated rings. The number of para-hydroxylation sites is 1. The topological polar surface area (TPSA) is 162 Å². The van der Waals surface area contributed by atoms with E-state index >= 15 is 9.18 Å². The number of anilines is 3. The second-order valence-electron chi connectivity index (χ2n) is 23.8. The largest absolute Gasteiger partial charge is 0.490 e. The number of carbonyl (C=O) groups is 5. The van der Waals surface area contributed by atoms with Crippen LogP contribution in [-0.2, 0) is 29.4 Å². The lowest BCUT2D eigenvalue weighted by Crippen LogP contribution is -2.59. The van der Waals surface area contributed by atoms with E-state index in [1.54, 1.807) is 24.5 Å². The number of rotatable bonds is 11. The predicted octanol–water partition coefficient (Wildman–Crippen LogP) is 9.57. The predicted molar refractivity (Wildman–Crippen MR) is 292 cm³/mol. The maximum absolute atomic E-state index is 15.4. The number of fused-ring (bicyclic) bond motifs is 3. The molecule has 1 atom stereocenters. The fraction of sp³-hybridized carbons (Fsp3) is 0.525. The molecule has 0 radical (unpaired) electrons. The van der Waals surface area contributed by atoms with Crippen molar-refractivity contribution in [1.29, 1.82) is 0 Å². The van der Waals surface area contributed by atoms with Gasteiger partial charge in [-0.1, -0.05) is 49.7 Å². The first-order chi connectivity index (χ1) is 37.2. The molecule has 0 bridgehead atoms. The van der Waals surface area contributed by atoms with Gasteiger partial charge in [-0.15, -0.1) is 0 Å². The summed E-state index contributed by atoms with van der Waals surface area (Å²) in [6.45, 7) is 10.5. The Morgan fingerprint density at radius 2 is 1.52 bits per heavy atom. The zero-order valence-corrected chi connectivity index (χ0v) is 44.8. The summed E-state index contributed by atoms with van der Waals surface area (Å²) in [5.41, 5.74) is 4.83. The molecule has 5 aromatic rings. The van der Waals surface area contributed by atoms with Crippen LogP contribution < -0.4 is 20.3 Å². The molecule has 2 N–H and O–H groups in total. The van der Waals surface area contributed by atoms with Crippen molar-refractivity contribution in [2.45, 2.75) is 153 Å². The highest BCUT2D eigenvalue weighted by molar-refractivity contribution is 6.10. The third-order valence-corrected chi connectivity index (χ3v) is 18.7. The monoisotopic (exact) mass is 1050 g/mol. The summed E-state index contributed by atoms with van der Waals surface area (Å²) in [6, 6.07) is 23.1. The van der Waals surface area contributed by atoms with Gasteiger partial charge < -0.3 is 34.2 Å². The lowest BCUT2D eigenvalue weighted by molar-refractivity contribution is -0.150. The van der Waals surface area contributed by atoms with Crippen LogP contribution in [-0.4, -0.2) is 116 Å². The molecule has 7 heterocycles. The molecule has 7 aliphatic rings. The van der Waals surface area contributed by atoms with E-state index in [1.165, 1.54) is 25.3 Å². The Balaban J connectivity index is 0.709. The number of pyridine rings is 1. The number of ether oxygens (including phenoxy) is 1. The average molecular weight is 1050 g/mol. The van der Waals surface area contributed by atoms with Crippen LogP contribution in [0.5, 0.6) is 5.75 Å².